The molecule has 0 saturated carbocycles. The molecule has 0 aromatic heterocycles. The van der Waals surface area contributed by atoms with Crippen molar-refractivity contribution in [2.45, 2.75) is 19.5 Å². The molecular weight excluding hydrogens is 362 g/mol. The molecule has 2 amide bonds. The maximum absolute atomic E-state index is 12.8. The topological polar surface area (TPSA) is 102 Å². The molecule has 1 N–H and O–H groups in total. The first-order valence-electron chi connectivity index (χ1n) is 8.57. The van der Waals surface area contributed by atoms with Crippen LogP contribution in [0.25, 0.3) is 0 Å². The number of hydrogen-bond acceptors (Lipinski definition) is 5. The van der Waals surface area contributed by atoms with Gasteiger partial charge in [0.05, 0.1) is 30.2 Å². The van der Waals surface area contributed by atoms with Crippen LogP contribution in [0, 0.1) is 10.1 Å². The van der Waals surface area contributed by atoms with Gasteiger partial charge in [-0.2, -0.15) is 0 Å². The van der Waals surface area contributed by atoms with Crippen LogP contribution in [0.5, 0.6) is 0 Å². The van der Waals surface area contributed by atoms with E-state index < -0.39 is 23.0 Å². The molecule has 0 saturated heterocycles. The van der Waals surface area contributed by atoms with Gasteiger partial charge in [0.15, 0.2) is 0 Å². The predicted octanol–water partition coefficient (Wildman–Crippen LogP) is 3.31. The molecule has 0 fully saturated rings. The van der Waals surface area contributed by atoms with E-state index in [1.165, 1.54) is 30.2 Å². The summed E-state index contributed by atoms with van der Waals surface area (Å²) in [5.41, 5.74) is 1.88. The minimum atomic E-state index is -0.841. The van der Waals surface area contributed by atoms with Crippen molar-refractivity contribution < 1.29 is 19.2 Å². The Labute approximate surface area is 161 Å². The van der Waals surface area contributed by atoms with Crippen LogP contribution in [-0.4, -0.2) is 28.9 Å². The number of rotatable bonds is 5. The van der Waals surface area contributed by atoms with Crippen LogP contribution in [-0.2, 0) is 16.1 Å². The number of urea groups is 1. The smallest absolute Gasteiger partial charge is 0.337 e. The molecule has 0 aliphatic carbocycles. The number of non-ortho nitro benzene ring substituents is 1. The van der Waals surface area contributed by atoms with E-state index in [0.717, 1.165) is 5.56 Å². The maximum Gasteiger partial charge on any atom is 0.337 e. The number of esters is 1. The Morgan fingerprint density at radius 3 is 2.57 bits per heavy atom. The third-order valence-corrected chi connectivity index (χ3v) is 4.60. The van der Waals surface area contributed by atoms with Crippen molar-refractivity contribution in [3.05, 3.63) is 87.1 Å². The van der Waals surface area contributed by atoms with Gasteiger partial charge in [0.1, 0.15) is 0 Å². The van der Waals surface area contributed by atoms with Gasteiger partial charge in [-0.15, -0.1) is 0 Å². The summed E-state index contributed by atoms with van der Waals surface area (Å²) in [6, 6.07) is 14.0. The second-order valence-corrected chi connectivity index (χ2v) is 6.30. The van der Waals surface area contributed by atoms with Gasteiger partial charge in [-0.3, -0.25) is 15.0 Å². The Balaban J connectivity index is 2.05. The number of nitro groups is 1. The van der Waals surface area contributed by atoms with Crippen LogP contribution < -0.4 is 5.32 Å². The van der Waals surface area contributed by atoms with Crippen molar-refractivity contribution in [2.75, 3.05) is 7.11 Å². The third kappa shape index (κ3) is 3.71. The first kappa shape index (κ1) is 19.1. The average molecular weight is 381 g/mol. The Hall–Kier alpha value is -3.68. The Kier molecular flexibility index (Phi) is 5.39. The lowest BCUT2D eigenvalue weighted by Gasteiger charge is -2.35. The summed E-state index contributed by atoms with van der Waals surface area (Å²) >= 11 is 0. The fourth-order valence-corrected chi connectivity index (χ4v) is 3.18. The van der Waals surface area contributed by atoms with E-state index in [0.29, 0.717) is 11.3 Å². The lowest BCUT2D eigenvalue weighted by Crippen LogP contribution is -2.47. The van der Waals surface area contributed by atoms with Gasteiger partial charge in [0.25, 0.3) is 5.69 Å². The highest BCUT2D eigenvalue weighted by Gasteiger charge is 2.36. The van der Waals surface area contributed by atoms with E-state index in [1.807, 2.05) is 30.3 Å². The van der Waals surface area contributed by atoms with Crippen molar-refractivity contribution in [3.63, 3.8) is 0 Å². The van der Waals surface area contributed by atoms with Gasteiger partial charge in [0.2, 0.25) is 0 Å². The monoisotopic (exact) mass is 381 g/mol. The van der Waals surface area contributed by atoms with Gasteiger partial charge in [-0.1, -0.05) is 42.5 Å². The number of benzene rings is 2. The number of hydrogen-bond donors (Lipinski definition) is 1. The molecule has 1 aliphatic heterocycles. The van der Waals surface area contributed by atoms with Crippen LogP contribution in [0.2, 0.25) is 0 Å². The first-order valence-corrected chi connectivity index (χ1v) is 8.57. The number of amides is 2. The quantitative estimate of drug-likeness (QED) is 0.486. The SMILES string of the molecule is COC(=O)C1=C(C)N(Cc2ccccc2)C(=O)N[C@@H]1c1cccc([N+](=O)[O-])c1. The molecule has 0 unspecified atom stereocenters. The summed E-state index contributed by atoms with van der Waals surface area (Å²) in [6.45, 7) is 1.94. The van der Waals surface area contributed by atoms with Crippen molar-refractivity contribution in [2.24, 2.45) is 0 Å². The van der Waals surface area contributed by atoms with Gasteiger partial charge in [-0.05, 0) is 18.1 Å². The normalized spacial score (nSPS) is 16.6. The number of ether oxygens (including phenoxy) is 1. The molecule has 0 radical (unpaired) electrons. The fourth-order valence-electron chi connectivity index (χ4n) is 3.18. The molecule has 1 atom stereocenters. The Bertz CT molecular complexity index is 955. The predicted molar refractivity (Wildman–Crippen MR) is 101 cm³/mol. The van der Waals surface area contributed by atoms with Crippen LogP contribution >= 0.6 is 0 Å². The molecule has 2 aromatic carbocycles. The highest BCUT2D eigenvalue weighted by Crippen LogP contribution is 2.33. The number of nitro benzene ring substituents is 1. The molecule has 28 heavy (non-hydrogen) atoms. The van der Waals surface area contributed by atoms with Crippen molar-refractivity contribution >= 4 is 17.7 Å². The minimum Gasteiger partial charge on any atom is -0.466 e. The van der Waals surface area contributed by atoms with Crippen LogP contribution in [0.15, 0.2) is 65.9 Å². The molecule has 0 spiro atoms. The Morgan fingerprint density at radius 1 is 1.21 bits per heavy atom. The van der Waals surface area contributed by atoms with Crippen LogP contribution in [0.1, 0.15) is 24.1 Å². The second kappa shape index (κ2) is 7.91. The van der Waals surface area contributed by atoms with E-state index in [9.17, 15) is 19.7 Å². The number of nitrogens with zero attached hydrogens (tertiary/aromatic N) is 2. The molecule has 3 rings (SSSR count). The van der Waals surface area contributed by atoms with Gasteiger partial charge in [0, 0.05) is 17.8 Å². The standard InChI is InChI=1S/C20H19N3O5/c1-13-17(19(24)28-2)18(15-9-6-10-16(11-15)23(26)27)21-20(25)22(13)12-14-7-4-3-5-8-14/h3-11,18H,12H2,1-2H3,(H,21,25)/t18-/m1/s1. The van der Waals surface area contributed by atoms with E-state index in [1.54, 1.807) is 13.0 Å². The largest absolute Gasteiger partial charge is 0.466 e. The van der Waals surface area contributed by atoms with Gasteiger partial charge < -0.3 is 10.1 Å². The Morgan fingerprint density at radius 2 is 1.93 bits per heavy atom. The van der Waals surface area contributed by atoms with E-state index >= 15 is 0 Å². The van der Waals surface area contributed by atoms with Crippen LogP contribution in [0.3, 0.4) is 0 Å². The number of nitrogens with one attached hydrogen (secondary N) is 1. The highest BCUT2D eigenvalue weighted by molar-refractivity contribution is 5.95. The molecule has 0 bridgehead atoms. The fraction of sp³-hybridized carbons (Fsp3) is 0.200. The summed E-state index contributed by atoms with van der Waals surface area (Å²) in [7, 11) is 1.26. The lowest BCUT2D eigenvalue weighted by atomic mass is 9.94. The summed E-state index contributed by atoms with van der Waals surface area (Å²) in [6.07, 6.45) is 0. The molecular formula is C20H19N3O5. The third-order valence-electron chi connectivity index (χ3n) is 4.60. The highest BCUT2D eigenvalue weighted by atomic mass is 16.6. The summed E-state index contributed by atoms with van der Waals surface area (Å²) in [4.78, 5) is 37.3. The van der Waals surface area contributed by atoms with Crippen LogP contribution in [0.4, 0.5) is 10.5 Å². The van der Waals surface area contributed by atoms with Crippen molar-refractivity contribution in [1.82, 2.24) is 10.2 Å². The second-order valence-electron chi connectivity index (χ2n) is 6.30. The molecule has 8 nitrogen and oxygen atoms in total. The zero-order chi connectivity index (χ0) is 20.3. The zero-order valence-corrected chi connectivity index (χ0v) is 15.4. The molecule has 1 aliphatic rings. The van der Waals surface area contributed by atoms with Gasteiger partial charge in [-0.25, -0.2) is 9.59 Å². The van der Waals surface area contributed by atoms with E-state index in [-0.39, 0.29) is 17.8 Å². The van der Waals surface area contributed by atoms with E-state index in [4.69, 9.17) is 4.74 Å². The maximum atomic E-state index is 12.8. The number of allylic oxidation sites excluding steroid dienone is 1. The zero-order valence-electron chi connectivity index (χ0n) is 15.4. The summed E-state index contributed by atoms with van der Waals surface area (Å²) in [5, 5.41) is 13.9. The van der Waals surface area contributed by atoms with Crippen molar-refractivity contribution in [1.29, 1.82) is 0 Å². The molecule has 1 heterocycles. The average Bonchev–Trinajstić information content (AvgIpc) is 2.71. The van der Waals surface area contributed by atoms with Gasteiger partial charge >= 0.3 is 12.0 Å². The number of carbonyl (C=O) groups excluding carboxylic acids is 2. The van der Waals surface area contributed by atoms with E-state index in [2.05, 4.69) is 5.32 Å². The number of methoxy groups -OCH3 is 1. The number of carbonyl (C=O) groups is 2. The first-order chi connectivity index (χ1) is 13.4. The molecule has 144 valence electrons. The van der Waals surface area contributed by atoms with Crippen molar-refractivity contribution in [3.8, 4) is 0 Å². The molecule has 8 heteroatoms. The summed E-state index contributed by atoms with van der Waals surface area (Å²) < 4.78 is 4.91. The molecule has 2 aromatic rings. The lowest BCUT2D eigenvalue weighted by molar-refractivity contribution is -0.384. The minimum absolute atomic E-state index is 0.125. The summed E-state index contributed by atoms with van der Waals surface area (Å²) in [5.74, 6) is -0.605.